The highest BCUT2D eigenvalue weighted by Gasteiger charge is 2.12. The summed E-state index contributed by atoms with van der Waals surface area (Å²) in [6.07, 6.45) is 0. The van der Waals surface area contributed by atoms with Crippen LogP contribution in [0.1, 0.15) is 6.92 Å². The summed E-state index contributed by atoms with van der Waals surface area (Å²) in [5.41, 5.74) is 0. The number of rotatable bonds is 3. The molecule has 0 amide bonds. The Morgan fingerprint density at radius 3 is 2.64 bits per heavy atom. The van der Waals surface area contributed by atoms with Crippen LogP contribution in [0.4, 0.5) is 0 Å². The number of hydrogen-bond donors (Lipinski definition) is 0. The van der Waals surface area contributed by atoms with E-state index in [9.17, 15) is 5.11 Å². The SMILES string of the molecule is CC(C[O])CN1CCOCC1. The summed E-state index contributed by atoms with van der Waals surface area (Å²) < 4.78 is 5.20. The molecule has 11 heavy (non-hydrogen) atoms. The van der Waals surface area contributed by atoms with E-state index < -0.39 is 0 Å². The van der Waals surface area contributed by atoms with Crippen molar-refractivity contribution in [3.63, 3.8) is 0 Å². The highest BCUT2D eigenvalue weighted by molar-refractivity contribution is 4.64. The zero-order valence-corrected chi connectivity index (χ0v) is 7.08. The fraction of sp³-hybridized carbons (Fsp3) is 1.00. The van der Waals surface area contributed by atoms with E-state index in [1.54, 1.807) is 0 Å². The van der Waals surface area contributed by atoms with E-state index in [0.717, 1.165) is 32.8 Å². The van der Waals surface area contributed by atoms with Gasteiger partial charge in [0, 0.05) is 19.6 Å². The van der Waals surface area contributed by atoms with Gasteiger partial charge in [-0.25, -0.2) is 5.11 Å². The smallest absolute Gasteiger partial charge is 0.0860 e. The molecule has 0 aromatic rings. The van der Waals surface area contributed by atoms with Crippen LogP contribution in [-0.4, -0.2) is 44.4 Å². The quantitative estimate of drug-likeness (QED) is 0.595. The van der Waals surface area contributed by atoms with Gasteiger partial charge in [0.05, 0.1) is 19.8 Å². The standard InChI is InChI=1S/C8H16NO2/c1-8(7-10)6-9-2-4-11-5-3-9/h8H,2-7H2,1H3. The van der Waals surface area contributed by atoms with Crippen molar-refractivity contribution in [2.24, 2.45) is 5.92 Å². The van der Waals surface area contributed by atoms with E-state index in [2.05, 4.69) is 4.90 Å². The van der Waals surface area contributed by atoms with E-state index in [1.165, 1.54) is 0 Å². The van der Waals surface area contributed by atoms with Gasteiger partial charge in [0.15, 0.2) is 0 Å². The van der Waals surface area contributed by atoms with Crippen LogP contribution in [0.5, 0.6) is 0 Å². The first-order valence-corrected chi connectivity index (χ1v) is 4.21. The predicted octanol–water partition coefficient (Wildman–Crippen LogP) is 0.385. The fourth-order valence-electron chi connectivity index (χ4n) is 1.28. The average Bonchev–Trinajstić information content (AvgIpc) is 2.06. The van der Waals surface area contributed by atoms with Crippen molar-refractivity contribution < 1.29 is 9.84 Å². The highest BCUT2D eigenvalue weighted by atomic mass is 16.5. The van der Waals surface area contributed by atoms with Crippen LogP contribution in [0, 0.1) is 5.92 Å². The summed E-state index contributed by atoms with van der Waals surface area (Å²) in [4.78, 5) is 2.30. The average molecular weight is 158 g/mol. The molecule has 0 aromatic carbocycles. The van der Waals surface area contributed by atoms with Crippen LogP contribution in [-0.2, 0) is 9.84 Å². The zero-order chi connectivity index (χ0) is 8.10. The van der Waals surface area contributed by atoms with Gasteiger partial charge in [-0.05, 0) is 5.92 Å². The van der Waals surface area contributed by atoms with Crippen molar-refractivity contribution >= 4 is 0 Å². The number of nitrogens with zero attached hydrogens (tertiary/aromatic N) is 1. The molecule has 3 heteroatoms. The van der Waals surface area contributed by atoms with Crippen LogP contribution < -0.4 is 0 Å². The van der Waals surface area contributed by atoms with Crippen molar-refractivity contribution in [1.82, 2.24) is 4.90 Å². The molecule has 65 valence electrons. The highest BCUT2D eigenvalue weighted by Crippen LogP contribution is 2.02. The van der Waals surface area contributed by atoms with Crippen LogP contribution in [0.3, 0.4) is 0 Å². The molecule has 1 aliphatic heterocycles. The molecular formula is C8H16NO2. The van der Waals surface area contributed by atoms with Gasteiger partial charge in [-0.2, -0.15) is 0 Å². The van der Waals surface area contributed by atoms with Crippen LogP contribution in [0.25, 0.3) is 0 Å². The number of hydrogen-bond acceptors (Lipinski definition) is 2. The minimum atomic E-state index is 0.0390. The van der Waals surface area contributed by atoms with Gasteiger partial charge in [0.1, 0.15) is 0 Å². The minimum absolute atomic E-state index is 0.0390. The maximum atomic E-state index is 10.4. The summed E-state index contributed by atoms with van der Waals surface area (Å²) in [6, 6.07) is 0. The molecular weight excluding hydrogens is 142 g/mol. The minimum Gasteiger partial charge on any atom is -0.379 e. The summed E-state index contributed by atoms with van der Waals surface area (Å²) in [5, 5.41) is 10.4. The molecule has 1 unspecified atom stereocenters. The van der Waals surface area contributed by atoms with E-state index >= 15 is 0 Å². The summed E-state index contributed by atoms with van der Waals surface area (Å²) >= 11 is 0. The third kappa shape index (κ3) is 3.18. The van der Waals surface area contributed by atoms with Gasteiger partial charge in [0.2, 0.25) is 0 Å². The van der Waals surface area contributed by atoms with E-state index in [1.807, 2.05) is 6.92 Å². The van der Waals surface area contributed by atoms with E-state index in [4.69, 9.17) is 4.74 Å². The third-order valence-corrected chi connectivity index (χ3v) is 1.96. The molecule has 0 saturated carbocycles. The van der Waals surface area contributed by atoms with Gasteiger partial charge in [0.25, 0.3) is 0 Å². The predicted molar refractivity (Wildman–Crippen MR) is 42.0 cm³/mol. The Kier molecular flexibility index (Phi) is 3.83. The second kappa shape index (κ2) is 4.70. The maximum absolute atomic E-state index is 10.4. The molecule has 0 aromatic heterocycles. The Hall–Kier alpha value is -0.120. The number of ether oxygens (including phenoxy) is 1. The summed E-state index contributed by atoms with van der Waals surface area (Å²) in [6.45, 7) is 6.61. The monoisotopic (exact) mass is 158 g/mol. The van der Waals surface area contributed by atoms with Gasteiger partial charge >= 0.3 is 0 Å². The zero-order valence-electron chi connectivity index (χ0n) is 7.08. The lowest BCUT2D eigenvalue weighted by Crippen LogP contribution is -2.39. The van der Waals surface area contributed by atoms with Crippen molar-refractivity contribution in [3.8, 4) is 0 Å². The first-order valence-electron chi connectivity index (χ1n) is 4.21. The topological polar surface area (TPSA) is 32.4 Å². The Labute approximate surface area is 68.0 Å². The van der Waals surface area contributed by atoms with Crippen molar-refractivity contribution in [1.29, 1.82) is 0 Å². The first-order chi connectivity index (χ1) is 5.33. The third-order valence-electron chi connectivity index (χ3n) is 1.96. The molecule has 1 fully saturated rings. The lowest BCUT2D eigenvalue weighted by Gasteiger charge is -2.28. The van der Waals surface area contributed by atoms with Gasteiger partial charge in [-0.1, -0.05) is 6.92 Å². The lowest BCUT2D eigenvalue weighted by atomic mass is 10.2. The normalized spacial score (nSPS) is 23.5. The molecule has 1 radical (unpaired) electrons. The molecule has 1 aliphatic rings. The van der Waals surface area contributed by atoms with Crippen LogP contribution >= 0.6 is 0 Å². The maximum Gasteiger partial charge on any atom is 0.0860 e. The van der Waals surface area contributed by atoms with Crippen molar-refractivity contribution in [2.75, 3.05) is 39.5 Å². The first kappa shape index (κ1) is 8.97. The molecule has 0 N–H and O–H groups in total. The second-order valence-electron chi connectivity index (χ2n) is 3.18. The Balaban J connectivity index is 2.13. The molecule has 1 atom stereocenters. The molecule has 1 saturated heterocycles. The Morgan fingerprint density at radius 2 is 2.09 bits per heavy atom. The van der Waals surface area contributed by atoms with Crippen molar-refractivity contribution in [3.05, 3.63) is 0 Å². The van der Waals surface area contributed by atoms with Gasteiger partial charge in [-0.15, -0.1) is 0 Å². The Morgan fingerprint density at radius 1 is 1.45 bits per heavy atom. The molecule has 1 rings (SSSR count). The Bertz CT molecular complexity index is 102. The summed E-state index contributed by atoms with van der Waals surface area (Å²) in [5.74, 6) is 0.285. The van der Waals surface area contributed by atoms with E-state index in [-0.39, 0.29) is 12.5 Å². The van der Waals surface area contributed by atoms with Gasteiger partial charge < -0.3 is 4.74 Å². The van der Waals surface area contributed by atoms with Gasteiger partial charge in [-0.3, -0.25) is 4.90 Å². The largest absolute Gasteiger partial charge is 0.379 e. The molecule has 0 bridgehead atoms. The van der Waals surface area contributed by atoms with Crippen LogP contribution in [0.15, 0.2) is 0 Å². The van der Waals surface area contributed by atoms with E-state index in [0.29, 0.717) is 0 Å². The summed E-state index contributed by atoms with van der Waals surface area (Å²) in [7, 11) is 0. The fourth-order valence-corrected chi connectivity index (χ4v) is 1.28. The molecule has 0 aliphatic carbocycles. The molecule has 3 nitrogen and oxygen atoms in total. The van der Waals surface area contributed by atoms with Crippen molar-refractivity contribution in [2.45, 2.75) is 6.92 Å². The molecule has 0 spiro atoms. The second-order valence-corrected chi connectivity index (χ2v) is 3.18. The lowest BCUT2D eigenvalue weighted by molar-refractivity contribution is 0.0231. The van der Waals surface area contributed by atoms with Crippen LogP contribution in [0.2, 0.25) is 0 Å². The molecule has 1 heterocycles. The number of morpholine rings is 1.